The fraction of sp³-hybridized carbons (Fsp3) is 0.581. The van der Waals surface area contributed by atoms with Gasteiger partial charge in [0.15, 0.2) is 0 Å². The molecule has 2 amide bonds. The molecule has 0 radical (unpaired) electrons. The molecule has 0 aliphatic carbocycles. The maximum Gasteiger partial charge on any atom is 0.312 e. The van der Waals surface area contributed by atoms with Crippen molar-refractivity contribution in [2.75, 3.05) is 26.3 Å². The van der Waals surface area contributed by atoms with Crippen molar-refractivity contribution in [3.8, 4) is 0 Å². The highest BCUT2D eigenvalue weighted by Crippen LogP contribution is 2.64. The van der Waals surface area contributed by atoms with Gasteiger partial charge in [0.05, 0.1) is 18.1 Å². The minimum absolute atomic E-state index is 0.000909. The third-order valence-electron chi connectivity index (χ3n) is 8.65. The highest BCUT2D eigenvalue weighted by Gasteiger charge is 2.79. The standard InChI is InChI=1S/C31H42N2O6/c1-4-7-13-21-38-29(37)25-24-27(35)33(19-11-12-20-34)26(31(24)17-16-30(25,6-3)39-31)28(36)32(18-5-2)22-23-14-9-8-10-15-23/h4-5,8-10,14-15,24-26,34H,1-2,6-7,11-13,16-22H2,3H3/t24-,25-,26?,30+,31?/m0/s1. The smallest absolute Gasteiger partial charge is 0.312 e. The number of ether oxygens (including phenoxy) is 2. The van der Waals surface area contributed by atoms with Crippen molar-refractivity contribution in [1.82, 2.24) is 9.80 Å². The van der Waals surface area contributed by atoms with Crippen LogP contribution in [0, 0.1) is 11.8 Å². The van der Waals surface area contributed by atoms with Crippen molar-refractivity contribution in [3.05, 3.63) is 61.2 Å². The average Bonchev–Trinajstić information content (AvgIpc) is 3.55. The summed E-state index contributed by atoms with van der Waals surface area (Å²) in [4.78, 5) is 45.4. The first kappa shape index (κ1) is 29.0. The number of amides is 2. The summed E-state index contributed by atoms with van der Waals surface area (Å²) >= 11 is 0. The number of hydrogen-bond donors (Lipinski definition) is 1. The molecule has 1 aromatic rings. The third kappa shape index (κ3) is 5.29. The van der Waals surface area contributed by atoms with Gasteiger partial charge >= 0.3 is 5.97 Å². The molecule has 3 aliphatic rings. The van der Waals surface area contributed by atoms with Crippen LogP contribution >= 0.6 is 0 Å². The Morgan fingerprint density at radius 1 is 1.18 bits per heavy atom. The summed E-state index contributed by atoms with van der Waals surface area (Å²) in [5.41, 5.74) is -0.945. The highest BCUT2D eigenvalue weighted by molar-refractivity contribution is 5.98. The first-order valence-electron chi connectivity index (χ1n) is 14.2. The highest BCUT2D eigenvalue weighted by atomic mass is 16.6. The minimum atomic E-state index is -1.09. The second-order valence-electron chi connectivity index (χ2n) is 10.9. The van der Waals surface area contributed by atoms with Gasteiger partial charge in [0.2, 0.25) is 11.8 Å². The van der Waals surface area contributed by atoms with Crippen LogP contribution in [0.3, 0.4) is 0 Å². The number of likely N-dealkylation sites (tertiary alicyclic amines) is 1. The van der Waals surface area contributed by atoms with Crippen LogP contribution in [0.25, 0.3) is 0 Å². The number of unbranched alkanes of at least 4 members (excludes halogenated alkanes) is 2. The van der Waals surface area contributed by atoms with Gasteiger partial charge in [0, 0.05) is 26.2 Å². The molecule has 1 aromatic carbocycles. The Bertz CT molecular complexity index is 1060. The number of hydrogen-bond acceptors (Lipinski definition) is 6. The summed E-state index contributed by atoms with van der Waals surface area (Å²) < 4.78 is 12.5. The van der Waals surface area contributed by atoms with E-state index in [9.17, 15) is 19.5 Å². The molecule has 1 N–H and O–H groups in total. The molecule has 4 rings (SSSR count). The van der Waals surface area contributed by atoms with Crippen molar-refractivity contribution in [1.29, 1.82) is 0 Å². The average molecular weight is 539 g/mol. The zero-order valence-electron chi connectivity index (χ0n) is 23.1. The molecule has 212 valence electrons. The number of aliphatic hydroxyl groups excluding tert-OH is 1. The molecule has 8 heteroatoms. The van der Waals surface area contributed by atoms with Gasteiger partial charge in [-0.3, -0.25) is 14.4 Å². The van der Waals surface area contributed by atoms with Gasteiger partial charge in [-0.15, -0.1) is 13.2 Å². The largest absolute Gasteiger partial charge is 0.465 e. The van der Waals surface area contributed by atoms with Crippen LogP contribution in [-0.2, 0) is 30.4 Å². The monoisotopic (exact) mass is 538 g/mol. The Labute approximate surface area is 231 Å². The Morgan fingerprint density at radius 3 is 2.62 bits per heavy atom. The first-order valence-corrected chi connectivity index (χ1v) is 14.2. The van der Waals surface area contributed by atoms with Crippen LogP contribution < -0.4 is 0 Å². The summed E-state index contributed by atoms with van der Waals surface area (Å²) in [7, 11) is 0. The molecule has 0 aromatic heterocycles. The van der Waals surface area contributed by atoms with Crippen LogP contribution in [0.1, 0.15) is 57.4 Å². The number of rotatable bonds is 15. The second-order valence-corrected chi connectivity index (χ2v) is 10.9. The molecule has 3 fully saturated rings. The molecule has 3 heterocycles. The summed E-state index contributed by atoms with van der Waals surface area (Å²) in [6.45, 7) is 10.8. The van der Waals surface area contributed by atoms with Gasteiger partial charge in [0.1, 0.15) is 17.6 Å². The summed E-state index contributed by atoms with van der Waals surface area (Å²) in [6, 6.07) is 8.86. The van der Waals surface area contributed by atoms with Gasteiger partial charge < -0.3 is 24.4 Å². The quantitative estimate of drug-likeness (QED) is 0.208. The molecule has 3 saturated heterocycles. The Balaban J connectivity index is 1.69. The molecule has 3 aliphatic heterocycles. The fourth-order valence-corrected chi connectivity index (χ4v) is 6.85. The van der Waals surface area contributed by atoms with E-state index in [4.69, 9.17) is 9.47 Å². The molecule has 2 unspecified atom stereocenters. The van der Waals surface area contributed by atoms with Crippen molar-refractivity contribution < 1.29 is 29.0 Å². The van der Waals surface area contributed by atoms with Gasteiger partial charge in [-0.1, -0.05) is 49.4 Å². The summed E-state index contributed by atoms with van der Waals surface area (Å²) in [5.74, 6) is -2.38. The zero-order chi connectivity index (χ0) is 28.0. The van der Waals surface area contributed by atoms with Gasteiger partial charge in [0.25, 0.3) is 0 Å². The van der Waals surface area contributed by atoms with E-state index in [0.29, 0.717) is 58.2 Å². The topological polar surface area (TPSA) is 96.4 Å². The predicted octanol–water partition coefficient (Wildman–Crippen LogP) is 3.64. The van der Waals surface area contributed by atoms with Gasteiger partial charge in [-0.2, -0.15) is 0 Å². The van der Waals surface area contributed by atoms with Crippen molar-refractivity contribution >= 4 is 17.8 Å². The molecule has 39 heavy (non-hydrogen) atoms. The number of nitrogens with zero attached hydrogens (tertiary/aromatic N) is 2. The molecular weight excluding hydrogens is 496 g/mol. The van der Waals surface area contributed by atoms with Crippen LogP contribution in [0.5, 0.6) is 0 Å². The van der Waals surface area contributed by atoms with Crippen LogP contribution in [0.2, 0.25) is 0 Å². The van der Waals surface area contributed by atoms with Gasteiger partial charge in [-0.25, -0.2) is 0 Å². The van der Waals surface area contributed by atoms with E-state index < -0.39 is 35.0 Å². The lowest BCUT2D eigenvalue weighted by molar-refractivity contribution is -0.162. The van der Waals surface area contributed by atoms with E-state index in [0.717, 1.165) is 12.0 Å². The lowest BCUT2D eigenvalue weighted by atomic mass is 9.65. The number of carbonyl (C=O) groups is 3. The Kier molecular flexibility index (Phi) is 9.28. The Morgan fingerprint density at radius 2 is 1.95 bits per heavy atom. The fourth-order valence-electron chi connectivity index (χ4n) is 6.85. The van der Waals surface area contributed by atoms with Crippen LogP contribution in [-0.4, -0.2) is 76.2 Å². The summed E-state index contributed by atoms with van der Waals surface area (Å²) in [6.07, 6.45) is 7.59. The molecule has 0 saturated carbocycles. The molecule has 5 atom stereocenters. The van der Waals surface area contributed by atoms with E-state index in [1.54, 1.807) is 22.0 Å². The van der Waals surface area contributed by atoms with E-state index in [2.05, 4.69) is 13.2 Å². The Hall–Kier alpha value is -2.97. The number of allylic oxidation sites excluding steroid dienone is 1. The SMILES string of the molecule is C=CCCCOC(=O)[C@@H]1[C@H]2C(=O)N(CCCCO)C(C(=O)N(CC=C)Cc3ccccc3)C23CC[C@@]1(CC)O3. The third-order valence-corrected chi connectivity index (χ3v) is 8.65. The van der Waals surface area contributed by atoms with Crippen molar-refractivity contribution in [2.45, 2.75) is 75.7 Å². The number of fused-ring (bicyclic) bond motifs is 1. The predicted molar refractivity (Wildman–Crippen MR) is 147 cm³/mol. The van der Waals surface area contributed by atoms with E-state index in [-0.39, 0.29) is 25.0 Å². The number of esters is 1. The lowest BCUT2D eigenvalue weighted by Gasteiger charge is -2.37. The molecule has 2 bridgehead atoms. The van der Waals surface area contributed by atoms with Gasteiger partial charge in [-0.05, 0) is 50.5 Å². The van der Waals surface area contributed by atoms with E-state index in [1.165, 1.54) is 0 Å². The lowest BCUT2D eigenvalue weighted by Crippen LogP contribution is -2.56. The molecular formula is C31H42N2O6. The normalized spacial score (nSPS) is 28.8. The molecule has 8 nitrogen and oxygen atoms in total. The number of benzene rings is 1. The molecule has 1 spiro atoms. The number of aliphatic hydroxyl groups is 1. The zero-order valence-corrected chi connectivity index (χ0v) is 23.1. The maximum absolute atomic E-state index is 14.4. The van der Waals surface area contributed by atoms with Crippen LogP contribution in [0.4, 0.5) is 0 Å². The maximum atomic E-state index is 14.4. The van der Waals surface area contributed by atoms with Crippen LogP contribution in [0.15, 0.2) is 55.6 Å². The minimum Gasteiger partial charge on any atom is -0.465 e. The van der Waals surface area contributed by atoms with Crippen molar-refractivity contribution in [3.63, 3.8) is 0 Å². The first-order chi connectivity index (χ1) is 18.9. The number of carbonyl (C=O) groups excluding carboxylic acids is 3. The van der Waals surface area contributed by atoms with E-state index in [1.807, 2.05) is 37.3 Å². The van der Waals surface area contributed by atoms with Crippen molar-refractivity contribution in [2.24, 2.45) is 11.8 Å². The van der Waals surface area contributed by atoms with E-state index >= 15 is 0 Å². The summed E-state index contributed by atoms with van der Waals surface area (Å²) in [5, 5.41) is 9.39. The second kappa shape index (κ2) is 12.5.